The lowest BCUT2D eigenvalue weighted by molar-refractivity contribution is 0.00862. The zero-order valence-corrected chi connectivity index (χ0v) is 6.78. The fourth-order valence-electron chi connectivity index (χ4n) is 1.60. The van der Waals surface area contributed by atoms with Crippen LogP contribution in [-0.4, -0.2) is 16.7 Å². The van der Waals surface area contributed by atoms with Gasteiger partial charge in [-0.2, -0.15) is 0 Å². The van der Waals surface area contributed by atoms with E-state index in [0.29, 0.717) is 6.54 Å². The molecule has 2 nitrogen and oxygen atoms in total. The van der Waals surface area contributed by atoms with Crippen LogP contribution in [0.15, 0.2) is 24.4 Å². The molecule has 1 atom stereocenters. The standard InChI is InChI=1S/C9H11FN2/c10-12-7-3-5-9(12)8-4-1-2-6-11-8/h1-2,4,6,9H,3,5,7H2. The molecule has 0 bridgehead atoms. The number of nitrogens with zero attached hydrogens (tertiary/aromatic N) is 2. The molecule has 0 radical (unpaired) electrons. The minimum atomic E-state index is -0.105. The van der Waals surface area contributed by atoms with Crippen LogP contribution in [0.2, 0.25) is 0 Å². The first-order chi connectivity index (χ1) is 5.88. The van der Waals surface area contributed by atoms with Gasteiger partial charge in [0.25, 0.3) is 0 Å². The first-order valence-electron chi connectivity index (χ1n) is 4.21. The van der Waals surface area contributed by atoms with Crippen molar-refractivity contribution in [3.8, 4) is 0 Å². The van der Waals surface area contributed by atoms with Gasteiger partial charge in [-0.15, -0.1) is 9.60 Å². The van der Waals surface area contributed by atoms with Crippen molar-refractivity contribution in [1.82, 2.24) is 10.1 Å². The molecule has 0 saturated carbocycles. The Morgan fingerprint density at radius 1 is 1.50 bits per heavy atom. The summed E-state index contributed by atoms with van der Waals surface area (Å²) in [5.74, 6) is 0. The zero-order chi connectivity index (χ0) is 8.39. The van der Waals surface area contributed by atoms with Gasteiger partial charge in [-0.3, -0.25) is 4.98 Å². The zero-order valence-electron chi connectivity index (χ0n) is 6.78. The van der Waals surface area contributed by atoms with Gasteiger partial charge in [0.2, 0.25) is 0 Å². The highest BCUT2D eigenvalue weighted by Gasteiger charge is 2.26. The second kappa shape index (κ2) is 3.19. The molecule has 1 fully saturated rings. The van der Waals surface area contributed by atoms with Gasteiger partial charge in [-0.1, -0.05) is 6.07 Å². The van der Waals surface area contributed by atoms with E-state index < -0.39 is 0 Å². The Bertz CT molecular complexity index is 250. The average molecular weight is 166 g/mol. The molecule has 1 aromatic heterocycles. The van der Waals surface area contributed by atoms with Crippen LogP contribution in [0.5, 0.6) is 0 Å². The van der Waals surface area contributed by atoms with Gasteiger partial charge in [0.05, 0.1) is 11.7 Å². The molecule has 0 aliphatic carbocycles. The molecular weight excluding hydrogens is 155 g/mol. The van der Waals surface area contributed by atoms with E-state index in [1.165, 1.54) is 0 Å². The predicted molar refractivity (Wildman–Crippen MR) is 44.0 cm³/mol. The second-order valence-electron chi connectivity index (χ2n) is 3.04. The Hall–Kier alpha value is -0.960. The highest BCUT2D eigenvalue weighted by Crippen LogP contribution is 2.30. The first kappa shape index (κ1) is 7.68. The van der Waals surface area contributed by atoms with Gasteiger partial charge in [0, 0.05) is 12.7 Å². The van der Waals surface area contributed by atoms with Crippen LogP contribution in [0.1, 0.15) is 24.6 Å². The Labute approximate surface area is 71.0 Å². The molecule has 3 heteroatoms. The molecule has 0 spiro atoms. The third kappa shape index (κ3) is 1.32. The molecule has 1 aliphatic rings. The van der Waals surface area contributed by atoms with Crippen molar-refractivity contribution in [3.63, 3.8) is 0 Å². The number of aromatic nitrogens is 1. The van der Waals surface area contributed by atoms with Crippen molar-refractivity contribution in [2.75, 3.05) is 6.54 Å². The van der Waals surface area contributed by atoms with Crippen LogP contribution >= 0.6 is 0 Å². The van der Waals surface area contributed by atoms with Gasteiger partial charge >= 0.3 is 0 Å². The Morgan fingerprint density at radius 3 is 3.00 bits per heavy atom. The molecule has 2 rings (SSSR count). The fourth-order valence-corrected chi connectivity index (χ4v) is 1.60. The lowest BCUT2D eigenvalue weighted by Gasteiger charge is -2.13. The number of hydrogen-bond acceptors (Lipinski definition) is 2. The van der Waals surface area contributed by atoms with E-state index in [1.54, 1.807) is 6.20 Å². The first-order valence-corrected chi connectivity index (χ1v) is 4.21. The number of rotatable bonds is 1. The summed E-state index contributed by atoms with van der Waals surface area (Å²) in [4.78, 5) is 4.13. The summed E-state index contributed by atoms with van der Waals surface area (Å²) in [5, 5.41) is 0.877. The number of halogens is 1. The Kier molecular flexibility index (Phi) is 2.04. The highest BCUT2D eigenvalue weighted by atomic mass is 19.2. The lowest BCUT2D eigenvalue weighted by atomic mass is 10.1. The van der Waals surface area contributed by atoms with Crippen LogP contribution in [0, 0.1) is 0 Å². The average Bonchev–Trinajstić information content (AvgIpc) is 2.53. The third-order valence-electron chi connectivity index (χ3n) is 2.22. The van der Waals surface area contributed by atoms with Crippen LogP contribution < -0.4 is 0 Å². The van der Waals surface area contributed by atoms with E-state index >= 15 is 0 Å². The van der Waals surface area contributed by atoms with E-state index in [2.05, 4.69) is 4.98 Å². The van der Waals surface area contributed by atoms with E-state index in [1.807, 2.05) is 18.2 Å². The van der Waals surface area contributed by atoms with E-state index in [4.69, 9.17) is 0 Å². The van der Waals surface area contributed by atoms with Gasteiger partial charge in [-0.25, -0.2) is 0 Å². The minimum absolute atomic E-state index is 0.105. The van der Waals surface area contributed by atoms with Crippen molar-refractivity contribution in [1.29, 1.82) is 0 Å². The molecule has 1 unspecified atom stereocenters. The molecule has 64 valence electrons. The molecule has 0 aromatic carbocycles. The number of pyridine rings is 1. The molecule has 0 N–H and O–H groups in total. The van der Waals surface area contributed by atoms with Gasteiger partial charge in [0.1, 0.15) is 0 Å². The molecular formula is C9H11FN2. The van der Waals surface area contributed by atoms with Crippen molar-refractivity contribution >= 4 is 0 Å². The molecule has 12 heavy (non-hydrogen) atoms. The van der Waals surface area contributed by atoms with Crippen LogP contribution in [-0.2, 0) is 0 Å². The monoisotopic (exact) mass is 166 g/mol. The summed E-state index contributed by atoms with van der Waals surface area (Å²) in [5.41, 5.74) is 0.845. The number of hydrogen-bond donors (Lipinski definition) is 0. The summed E-state index contributed by atoms with van der Waals surface area (Å²) in [6, 6.07) is 5.52. The Balaban J connectivity index is 2.19. The van der Waals surface area contributed by atoms with Crippen molar-refractivity contribution in [3.05, 3.63) is 30.1 Å². The van der Waals surface area contributed by atoms with E-state index in [0.717, 1.165) is 23.7 Å². The van der Waals surface area contributed by atoms with Crippen molar-refractivity contribution in [2.45, 2.75) is 18.9 Å². The summed E-state index contributed by atoms with van der Waals surface area (Å²) >= 11 is 0. The summed E-state index contributed by atoms with van der Waals surface area (Å²) in [7, 11) is 0. The highest BCUT2D eigenvalue weighted by molar-refractivity contribution is 5.09. The predicted octanol–water partition coefficient (Wildman–Crippen LogP) is 2.10. The lowest BCUT2D eigenvalue weighted by Crippen LogP contribution is -2.13. The maximum Gasteiger partial charge on any atom is 0.0823 e. The third-order valence-corrected chi connectivity index (χ3v) is 2.22. The molecule has 1 saturated heterocycles. The fraction of sp³-hybridized carbons (Fsp3) is 0.444. The minimum Gasteiger partial charge on any atom is -0.260 e. The van der Waals surface area contributed by atoms with Crippen LogP contribution in [0.4, 0.5) is 4.48 Å². The summed E-state index contributed by atoms with van der Waals surface area (Å²) < 4.78 is 13.1. The Morgan fingerprint density at radius 2 is 2.42 bits per heavy atom. The molecule has 0 amide bonds. The molecule has 1 aliphatic heterocycles. The largest absolute Gasteiger partial charge is 0.260 e. The van der Waals surface area contributed by atoms with Crippen molar-refractivity contribution < 1.29 is 4.48 Å². The van der Waals surface area contributed by atoms with Gasteiger partial charge < -0.3 is 0 Å². The maximum atomic E-state index is 13.1. The van der Waals surface area contributed by atoms with Gasteiger partial charge in [-0.05, 0) is 25.0 Å². The topological polar surface area (TPSA) is 16.1 Å². The molecule has 2 heterocycles. The van der Waals surface area contributed by atoms with E-state index in [-0.39, 0.29) is 6.04 Å². The quantitative estimate of drug-likeness (QED) is 0.594. The second-order valence-corrected chi connectivity index (χ2v) is 3.04. The van der Waals surface area contributed by atoms with Crippen LogP contribution in [0.25, 0.3) is 0 Å². The SMILES string of the molecule is FN1CCCC1c1ccccn1. The summed E-state index contributed by atoms with van der Waals surface area (Å²) in [6.07, 6.45) is 3.52. The molecule has 1 aromatic rings. The smallest absolute Gasteiger partial charge is 0.0823 e. The van der Waals surface area contributed by atoms with E-state index in [9.17, 15) is 4.48 Å². The summed E-state index contributed by atoms with van der Waals surface area (Å²) in [6.45, 7) is 0.543. The maximum absolute atomic E-state index is 13.1. The van der Waals surface area contributed by atoms with Crippen LogP contribution in [0.3, 0.4) is 0 Å². The van der Waals surface area contributed by atoms with Gasteiger partial charge in [0.15, 0.2) is 0 Å². The normalized spacial score (nSPS) is 24.6. The van der Waals surface area contributed by atoms with Crippen molar-refractivity contribution in [2.24, 2.45) is 0 Å².